The van der Waals surface area contributed by atoms with Crippen LogP contribution in [0.15, 0.2) is 0 Å². The summed E-state index contributed by atoms with van der Waals surface area (Å²) in [5, 5.41) is 10.7. The van der Waals surface area contributed by atoms with Gasteiger partial charge in [0.2, 0.25) is 0 Å². The van der Waals surface area contributed by atoms with E-state index in [2.05, 4.69) is 34.6 Å². The molecule has 0 aliphatic rings. The summed E-state index contributed by atoms with van der Waals surface area (Å²) < 4.78 is 68.8. The Morgan fingerprint density at radius 2 is 0.462 bits per heavy atom. The second-order valence-electron chi connectivity index (χ2n) is 30.8. The Hall–Kier alpha value is -1.94. The third-order valence-corrected chi connectivity index (χ3v) is 22.3. The summed E-state index contributed by atoms with van der Waals surface area (Å²) in [4.78, 5) is 73.2. The molecule has 0 heterocycles. The lowest BCUT2D eigenvalue weighted by atomic mass is 9.99. The van der Waals surface area contributed by atoms with Crippen LogP contribution in [0.2, 0.25) is 0 Å². The fraction of sp³-hybridized carbons (Fsp3) is 0.953. The minimum Gasteiger partial charge on any atom is -0.462 e. The molecule has 3 unspecified atom stereocenters. The van der Waals surface area contributed by atoms with Crippen molar-refractivity contribution in [1.29, 1.82) is 0 Å². The van der Waals surface area contributed by atoms with Crippen LogP contribution in [0.3, 0.4) is 0 Å². The molecule has 0 fully saturated rings. The number of esters is 4. The Balaban J connectivity index is 5.22. The minimum absolute atomic E-state index is 0.108. The van der Waals surface area contributed by atoms with Crippen LogP contribution in [0.5, 0.6) is 0 Å². The molecule has 0 aromatic heterocycles. The monoisotopic (exact) mass is 1520 g/mol. The van der Waals surface area contributed by atoms with Gasteiger partial charge in [-0.1, -0.05) is 407 Å². The van der Waals surface area contributed by atoms with E-state index in [4.69, 9.17) is 37.0 Å². The van der Waals surface area contributed by atoms with Gasteiger partial charge in [0.05, 0.1) is 26.4 Å². The van der Waals surface area contributed by atoms with Crippen molar-refractivity contribution in [2.24, 2.45) is 5.92 Å². The van der Waals surface area contributed by atoms with E-state index in [0.717, 1.165) is 95.8 Å². The highest BCUT2D eigenvalue weighted by molar-refractivity contribution is 7.47. The van der Waals surface area contributed by atoms with Gasteiger partial charge in [-0.3, -0.25) is 37.3 Å². The first-order valence-electron chi connectivity index (χ1n) is 44.2. The van der Waals surface area contributed by atoms with Crippen LogP contribution in [-0.2, 0) is 65.4 Å². The van der Waals surface area contributed by atoms with Gasteiger partial charge in [-0.25, -0.2) is 9.13 Å². The van der Waals surface area contributed by atoms with Gasteiger partial charge >= 0.3 is 39.5 Å². The summed E-state index contributed by atoms with van der Waals surface area (Å²) >= 11 is 0. The second kappa shape index (κ2) is 77.8. The zero-order valence-corrected chi connectivity index (χ0v) is 70.0. The Labute approximate surface area is 638 Å². The van der Waals surface area contributed by atoms with Crippen molar-refractivity contribution in [1.82, 2.24) is 0 Å². The summed E-state index contributed by atoms with van der Waals surface area (Å²) in [6.45, 7) is 7.42. The summed E-state index contributed by atoms with van der Waals surface area (Å²) in [5.74, 6) is -1.23. The molecule has 0 aliphatic carbocycles. The van der Waals surface area contributed by atoms with E-state index < -0.39 is 97.5 Å². The van der Waals surface area contributed by atoms with Crippen molar-refractivity contribution in [3.05, 3.63) is 0 Å². The maximum atomic E-state index is 13.1. The SMILES string of the molecule is CCCCCCCCCCCCCCCCCCCCC(=O)OC[C@H](COP(=O)(O)OC[C@@H](O)COP(=O)(O)OC[C@@H](COC(=O)CCCCCCCCCCCCC)OC(=O)CCCCCCCCCCCCCCC)OC(=O)CCCCCCCCCCCCCCCCCCCCC(C)CC. The molecular formula is C85H166O17P2. The number of carbonyl (C=O) groups is 4. The summed E-state index contributed by atoms with van der Waals surface area (Å²) in [5.41, 5.74) is 0. The molecule has 0 aromatic rings. The highest BCUT2D eigenvalue weighted by Crippen LogP contribution is 2.45. The first-order valence-corrected chi connectivity index (χ1v) is 47.2. The maximum Gasteiger partial charge on any atom is 0.472 e. The van der Waals surface area contributed by atoms with Gasteiger partial charge in [-0.2, -0.15) is 0 Å². The molecule has 618 valence electrons. The molecule has 19 heteroatoms. The number of hydrogen-bond acceptors (Lipinski definition) is 15. The summed E-state index contributed by atoms with van der Waals surface area (Å²) in [6, 6.07) is 0. The number of carbonyl (C=O) groups excluding carboxylic acids is 4. The summed E-state index contributed by atoms with van der Waals surface area (Å²) in [6.07, 6.45) is 70.7. The average Bonchev–Trinajstić information content (AvgIpc) is 0.910. The van der Waals surface area contributed by atoms with Crippen LogP contribution in [0.4, 0.5) is 0 Å². The van der Waals surface area contributed by atoms with Gasteiger partial charge in [0.1, 0.15) is 19.3 Å². The molecule has 6 atom stereocenters. The Morgan fingerprint density at radius 1 is 0.269 bits per heavy atom. The number of aliphatic hydroxyl groups excluding tert-OH is 1. The first-order chi connectivity index (χ1) is 50.6. The van der Waals surface area contributed by atoms with Crippen LogP contribution < -0.4 is 0 Å². The van der Waals surface area contributed by atoms with E-state index in [-0.39, 0.29) is 25.7 Å². The normalized spacial score (nSPS) is 14.0. The third kappa shape index (κ3) is 76.8. The molecule has 0 saturated heterocycles. The van der Waals surface area contributed by atoms with Crippen LogP contribution >= 0.6 is 15.6 Å². The van der Waals surface area contributed by atoms with Crippen molar-refractivity contribution >= 4 is 39.5 Å². The van der Waals surface area contributed by atoms with E-state index in [1.165, 1.54) is 283 Å². The van der Waals surface area contributed by atoms with Crippen LogP contribution in [-0.4, -0.2) is 96.7 Å². The van der Waals surface area contributed by atoms with Crippen LogP contribution in [0.1, 0.15) is 458 Å². The van der Waals surface area contributed by atoms with Gasteiger partial charge < -0.3 is 33.8 Å². The molecule has 0 rings (SSSR count). The van der Waals surface area contributed by atoms with E-state index in [1.54, 1.807) is 0 Å². The summed E-state index contributed by atoms with van der Waals surface area (Å²) in [7, 11) is -9.92. The number of phosphoric acid groups is 2. The van der Waals surface area contributed by atoms with Crippen molar-refractivity contribution in [3.63, 3.8) is 0 Å². The molecule has 0 spiro atoms. The topological polar surface area (TPSA) is 237 Å². The smallest absolute Gasteiger partial charge is 0.462 e. The molecule has 17 nitrogen and oxygen atoms in total. The van der Waals surface area contributed by atoms with Crippen molar-refractivity contribution in [2.45, 2.75) is 477 Å². The standard InChI is InChI=1S/C85H166O17P2/c1-6-10-13-16-19-22-25-27-28-29-33-36-40-44-49-54-59-64-69-83(88)96-75-81(102-85(90)71-66-61-56-51-46-41-37-34-31-30-32-35-39-43-47-52-57-62-67-78(5)9-4)77-100-104(93,94)98-73-79(86)72-97-103(91,92)99-76-80(74-95-82(87)68-63-58-53-48-42-24-21-18-15-12-8-3)101-84(89)70-65-60-55-50-45-38-26-23-20-17-14-11-7-2/h78-81,86H,6-77H2,1-5H3,(H,91,92)(H,93,94)/t78?,79-,80+,81+/m0/s1. The van der Waals surface area contributed by atoms with Crippen molar-refractivity contribution in [3.8, 4) is 0 Å². The average molecular weight is 1520 g/mol. The van der Waals surface area contributed by atoms with Gasteiger partial charge in [0.25, 0.3) is 0 Å². The van der Waals surface area contributed by atoms with E-state index in [9.17, 15) is 43.2 Å². The Bertz CT molecular complexity index is 1980. The number of unbranched alkanes of at least 4 members (excludes halogenated alkanes) is 56. The molecule has 0 saturated carbocycles. The Kier molecular flexibility index (Phi) is 76.3. The molecule has 0 radical (unpaired) electrons. The first kappa shape index (κ1) is 102. The number of ether oxygens (including phenoxy) is 4. The van der Waals surface area contributed by atoms with E-state index >= 15 is 0 Å². The third-order valence-electron chi connectivity index (χ3n) is 20.4. The number of rotatable bonds is 85. The molecule has 104 heavy (non-hydrogen) atoms. The highest BCUT2D eigenvalue weighted by Gasteiger charge is 2.30. The lowest BCUT2D eigenvalue weighted by Gasteiger charge is -2.21. The maximum absolute atomic E-state index is 13.1. The predicted molar refractivity (Wildman–Crippen MR) is 428 cm³/mol. The predicted octanol–water partition coefficient (Wildman–Crippen LogP) is 26.0. The number of phosphoric ester groups is 2. The molecule has 0 aliphatic heterocycles. The Morgan fingerprint density at radius 3 is 0.683 bits per heavy atom. The fourth-order valence-electron chi connectivity index (χ4n) is 13.3. The minimum atomic E-state index is -4.96. The second-order valence-corrected chi connectivity index (χ2v) is 33.7. The van der Waals surface area contributed by atoms with Gasteiger partial charge in [-0.05, 0) is 31.6 Å². The fourth-order valence-corrected chi connectivity index (χ4v) is 14.8. The zero-order valence-electron chi connectivity index (χ0n) is 68.2. The van der Waals surface area contributed by atoms with Gasteiger partial charge in [0, 0.05) is 25.7 Å². The van der Waals surface area contributed by atoms with Crippen LogP contribution in [0, 0.1) is 5.92 Å². The van der Waals surface area contributed by atoms with Crippen LogP contribution in [0.25, 0.3) is 0 Å². The zero-order chi connectivity index (χ0) is 76.2. The molecule has 3 N–H and O–H groups in total. The molecule has 0 amide bonds. The number of hydrogen-bond donors (Lipinski definition) is 3. The number of aliphatic hydroxyl groups is 1. The van der Waals surface area contributed by atoms with E-state index in [1.807, 2.05) is 0 Å². The molecule has 0 aromatic carbocycles. The van der Waals surface area contributed by atoms with Gasteiger partial charge in [0.15, 0.2) is 12.2 Å². The lowest BCUT2D eigenvalue weighted by molar-refractivity contribution is -0.161. The highest BCUT2D eigenvalue weighted by atomic mass is 31.2. The van der Waals surface area contributed by atoms with Crippen molar-refractivity contribution in [2.75, 3.05) is 39.6 Å². The molecular weight excluding hydrogens is 1350 g/mol. The van der Waals surface area contributed by atoms with E-state index in [0.29, 0.717) is 25.7 Å². The van der Waals surface area contributed by atoms with Crippen molar-refractivity contribution < 1.29 is 80.2 Å². The quantitative estimate of drug-likeness (QED) is 0.0222. The van der Waals surface area contributed by atoms with Gasteiger partial charge in [-0.15, -0.1) is 0 Å². The largest absolute Gasteiger partial charge is 0.472 e. The molecule has 0 bridgehead atoms. The lowest BCUT2D eigenvalue weighted by Crippen LogP contribution is -2.30.